The van der Waals surface area contributed by atoms with Crippen molar-refractivity contribution in [3.05, 3.63) is 77.4 Å². The average Bonchev–Trinajstić information content (AvgIpc) is 2.82. The van der Waals surface area contributed by atoms with Crippen molar-refractivity contribution in [2.45, 2.75) is 32.5 Å². The van der Waals surface area contributed by atoms with Gasteiger partial charge in [-0.25, -0.2) is 14.4 Å². The highest BCUT2D eigenvalue weighted by Crippen LogP contribution is 2.22. The van der Waals surface area contributed by atoms with Crippen molar-refractivity contribution in [2.75, 3.05) is 33.4 Å². The Labute approximate surface area is 194 Å². The lowest BCUT2D eigenvalue weighted by Gasteiger charge is -2.41. The number of nitrogens with zero attached hydrogens (tertiary/aromatic N) is 4. The number of rotatable bonds is 8. The van der Waals surface area contributed by atoms with E-state index in [-0.39, 0.29) is 18.5 Å². The van der Waals surface area contributed by atoms with Gasteiger partial charge in [-0.1, -0.05) is 29.8 Å². The maximum atomic E-state index is 14.5. The molecule has 0 radical (unpaired) electrons. The molecule has 0 bridgehead atoms. The summed E-state index contributed by atoms with van der Waals surface area (Å²) in [6, 6.07) is 13.3. The van der Waals surface area contributed by atoms with Crippen molar-refractivity contribution in [1.29, 1.82) is 0 Å². The monoisotopic (exact) mass is 450 g/mol. The van der Waals surface area contributed by atoms with Crippen LogP contribution in [0.5, 0.6) is 5.75 Å². The normalized spacial score (nSPS) is 17.3. The standard InChI is InChI=1S/C26H31FN4O2/c1-19-4-3-5-21(12-19)26-28-14-20(15-29-26)16-30-9-10-31(23(18-30)8-11-32)17-22-6-7-24(33-2)13-25(22)27/h3-7,12-15,23,32H,8-11,16-18H2,1-2H3/t23-/m1/s1. The highest BCUT2D eigenvalue weighted by molar-refractivity contribution is 5.55. The van der Waals surface area contributed by atoms with Crippen LogP contribution in [-0.2, 0) is 13.1 Å². The summed E-state index contributed by atoms with van der Waals surface area (Å²) in [6.07, 6.45) is 4.44. The smallest absolute Gasteiger partial charge is 0.159 e. The first-order valence-corrected chi connectivity index (χ1v) is 11.3. The number of aromatic nitrogens is 2. The van der Waals surface area contributed by atoms with E-state index < -0.39 is 0 Å². The third-order valence-corrected chi connectivity index (χ3v) is 6.17. The van der Waals surface area contributed by atoms with Crippen LogP contribution in [0.2, 0.25) is 0 Å². The molecule has 6 nitrogen and oxygen atoms in total. The number of benzene rings is 2. The number of hydrogen-bond acceptors (Lipinski definition) is 6. The van der Waals surface area contributed by atoms with E-state index in [1.54, 1.807) is 12.1 Å². The van der Waals surface area contributed by atoms with Gasteiger partial charge in [-0.15, -0.1) is 0 Å². The van der Waals surface area contributed by atoms with Crippen LogP contribution < -0.4 is 4.74 Å². The van der Waals surface area contributed by atoms with Crippen LogP contribution in [0.4, 0.5) is 4.39 Å². The summed E-state index contributed by atoms with van der Waals surface area (Å²) in [4.78, 5) is 13.7. The zero-order valence-electron chi connectivity index (χ0n) is 19.2. The molecule has 33 heavy (non-hydrogen) atoms. The van der Waals surface area contributed by atoms with Gasteiger partial charge in [0, 0.05) is 80.5 Å². The van der Waals surface area contributed by atoms with E-state index in [1.165, 1.54) is 18.7 Å². The third-order valence-electron chi connectivity index (χ3n) is 6.17. The van der Waals surface area contributed by atoms with Crippen molar-refractivity contribution in [3.8, 4) is 17.1 Å². The van der Waals surface area contributed by atoms with Crippen LogP contribution in [-0.4, -0.2) is 64.3 Å². The topological polar surface area (TPSA) is 61.7 Å². The minimum absolute atomic E-state index is 0.106. The summed E-state index contributed by atoms with van der Waals surface area (Å²) in [6.45, 7) is 5.90. The van der Waals surface area contributed by atoms with Crippen LogP contribution in [0.1, 0.15) is 23.1 Å². The van der Waals surface area contributed by atoms with Gasteiger partial charge in [0.1, 0.15) is 11.6 Å². The molecule has 0 unspecified atom stereocenters. The molecule has 0 spiro atoms. The second-order valence-corrected chi connectivity index (χ2v) is 8.61. The largest absolute Gasteiger partial charge is 0.497 e. The molecule has 1 fully saturated rings. The molecule has 174 valence electrons. The number of methoxy groups -OCH3 is 1. The molecule has 0 amide bonds. The minimum Gasteiger partial charge on any atom is -0.497 e. The Morgan fingerprint density at radius 3 is 2.61 bits per heavy atom. The lowest BCUT2D eigenvalue weighted by atomic mass is 10.1. The fraction of sp³-hybridized carbons (Fsp3) is 0.385. The van der Waals surface area contributed by atoms with Crippen LogP contribution >= 0.6 is 0 Å². The van der Waals surface area contributed by atoms with Crippen molar-refractivity contribution < 1.29 is 14.2 Å². The van der Waals surface area contributed by atoms with E-state index in [9.17, 15) is 9.50 Å². The molecule has 1 N–H and O–H groups in total. The Balaban J connectivity index is 1.39. The Hall–Kier alpha value is -2.87. The third kappa shape index (κ3) is 5.93. The molecule has 1 aromatic heterocycles. The van der Waals surface area contributed by atoms with Crippen LogP contribution in [0, 0.1) is 12.7 Å². The molecule has 0 saturated carbocycles. The zero-order chi connectivity index (χ0) is 23.2. The van der Waals surface area contributed by atoms with Gasteiger partial charge in [0.15, 0.2) is 5.82 Å². The van der Waals surface area contributed by atoms with Gasteiger partial charge in [-0.3, -0.25) is 9.80 Å². The van der Waals surface area contributed by atoms with Crippen molar-refractivity contribution in [1.82, 2.24) is 19.8 Å². The van der Waals surface area contributed by atoms with E-state index in [0.717, 1.165) is 43.1 Å². The molecule has 4 rings (SSSR count). The van der Waals surface area contributed by atoms with Gasteiger partial charge in [0.05, 0.1) is 7.11 Å². The molecule has 1 aliphatic heterocycles. The molecule has 1 atom stereocenters. The predicted molar refractivity (Wildman–Crippen MR) is 126 cm³/mol. The average molecular weight is 451 g/mol. The first-order chi connectivity index (χ1) is 16.1. The number of ether oxygens (including phenoxy) is 1. The molecule has 1 saturated heterocycles. The van der Waals surface area contributed by atoms with Crippen molar-refractivity contribution in [3.63, 3.8) is 0 Å². The fourth-order valence-corrected chi connectivity index (χ4v) is 4.36. The van der Waals surface area contributed by atoms with Gasteiger partial charge < -0.3 is 9.84 Å². The Morgan fingerprint density at radius 1 is 1.09 bits per heavy atom. The Morgan fingerprint density at radius 2 is 1.91 bits per heavy atom. The first kappa shape index (κ1) is 23.3. The summed E-state index contributed by atoms with van der Waals surface area (Å²) < 4.78 is 19.6. The van der Waals surface area contributed by atoms with E-state index in [4.69, 9.17) is 4.74 Å². The summed E-state index contributed by atoms with van der Waals surface area (Å²) in [5, 5.41) is 9.60. The molecule has 1 aliphatic rings. The summed E-state index contributed by atoms with van der Waals surface area (Å²) >= 11 is 0. The van der Waals surface area contributed by atoms with E-state index in [2.05, 4.69) is 38.8 Å². The molecule has 3 aromatic rings. The lowest BCUT2D eigenvalue weighted by molar-refractivity contribution is 0.0492. The van der Waals surface area contributed by atoms with Crippen LogP contribution in [0.3, 0.4) is 0 Å². The minimum atomic E-state index is -0.259. The zero-order valence-corrected chi connectivity index (χ0v) is 19.2. The van der Waals surface area contributed by atoms with Gasteiger partial charge in [-0.05, 0) is 25.5 Å². The number of piperazine rings is 1. The molecule has 0 aliphatic carbocycles. The van der Waals surface area contributed by atoms with E-state index in [1.807, 2.05) is 24.5 Å². The molecule has 2 heterocycles. The van der Waals surface area contributed by atoms with Crippen LogP contribution in [0.15, 0.2) is 54.9 Å². The summed E-state index contributed by atoms with van der Waals surface area (Å²) in [5.74, 6) is 0.987. The SMILES string of the molecule is COc1ccc(CN2CCN(Cc3cnc(-c4cccc(C)c4)nc3)C[C@H]2CCO)c(F)c1. The lowest BCUT2D eigenvalue weighted by Crippen LogP contribution is -2.52. The predicted octanol–water partition coefficient (Wildman–Crippen LogP) is 3.67. The maximum Gasteiger partial charge on any atom is 0.159 e. The number of aliphatic hydroxyl groups excluding tert-OH is 1. The van der Waals surface area contributed by atoms with E-state index >= 15 is 0 Å². The highest BCUT2D eigenvalue weighted by atomic mass is 19.1. The van der Waals surface area contributed by atoms with Gasteiger partial charge in [-0.2, -0.15) is 0 Å². The summed E-state index contributed by atoms with van der Waals surface area (Å²) in [5.41, 5.74) is 3.91. The quantitative estimate of drug-likeness (QED) is 0.565. The van der Waals surface area contributed by atoms with E-state index in [0.29, 0.717) is 24.3 Å². The summed E-state index contributed by atoms with van der Waals surface area (Å²) in [7, 11) is 1.53. The van der Waals surface area contributed by atoms with Gasteiger partial charge >= 0.3 is 0 Å². The highest BCUT2D eigenvalue weighted by Gasteiger charge is 2.27. The first-order valence-electron chi connectivity index (χ1n) is 11.3. The Bertz CT molecular complexity index is 1060. The van der Waals surface area contributed by atoms with Gasteiger partial charge in [0.2, 0.25) is 0 Å². The fourth-order valence-electron chi connectivity index (χ4n) is 4.36. The van der Waals surface area contributed by atoms with Crippen LogP contribution in [0.25, 0.3) is 11.4 Å². The second kappa shape index (κ2) is 10.8. The van der Waals surface area contributed by atoms with Gasteiger partial charge in [0.25, 0.3) is 0 Å². The molecular weight excluding hydrogens is 419 g/mol. The molecule has 7 heteroatoms. The molecular formula is C26H31FN4O2. The number of aliphatic hydroxyl groups is 1. The number of halogens is 1. The second-order valence-electron chi connectivity index (χ2n) is 8.61. The van der Waals surface area contributed by atoms with Crippen molar-refractivity contribution >= 4 is 0 Å². The van der Waals surface area contributed by atoms with Crippen molar-refractivity contribution in [2.24, 2.45) is 0 Å². The maximum absolute atomic E-state index is 14.5. The number of hydrogen-bond donors (Lipinski definition) is 1. The number of aryl methyl sites for hydroxylation is 1. The Kier molecular flexibility index (Phi) is 7.65. The molecule has 2 aromatic carbocycles.